The third-order valence-electron chi connectivity index (χ3n) is 4.30. The van der Waals surface area contributed by atoms with E-state index < -0.39 is 10.0 Å². The number of nitrogens with zero attached hydrogens (tertiary/aromatic N) is 1. The van der Waals surface area contributed by atoms with Gasteiger partial charge < -0.3 is 5.32 Å². The summed E-state index contributed by atoms with van der Waals surface area (Å²) in [6.45, 7) is 7.92. The number of sulfonamides is 1. The molecule has 0 bridgehead atoms. The van der Waals surface area contributed by atoms with E-state index >= 15 is 0 Å². The molecule has 3 rings (SSSR count). The molecule has 140 valence electrons. The molecular weight excluding hydrogens is 358 g/mol. The highest BCUT2D eigenvalue weighted by Crippen LogP contribution is 2.21. The lowest BCUT2D eigenvalue weighted by Gasteiger charge is -2.11. The SMILES string of the molecule is Cc1cc(C)cc(Nc2ccc(NS(=O)(=O)c3ccc(C)c(C)c3)cn2)c1. The summed E-state index contributed by atoms with van der Waals surface area (Å²) in [5.41, 5.74) is 5.68. The van der Waals surface area contributed by atoms with Crippen LogP contribution in [-0.4, -0.2) is 13.4 Å². The predicted octanol–water partition coefficient (Wildman–Crippen LogP) is 4.86. The highest BCUT2D eigenvalue weighted by Gasteiger charge is 2.15. The van der Waals surface area contributed by atoms with E-state index in [2.05, 4.69) is 21.1 Å². The molecular formula is C21H23N3O2S. The normalized spacial score (nSPS) is 11.3. The van der Waals surface area contributed by atoms with Crippen LogP contribution in [0.3, 0.4) is 0 Å². The van der Waals surface area contributed by atoms with Crippen molar-refractivity contribution >= 4 is 27.2 Å². The molecule has 0 aliphatic heterocycles. The lowest BCUT2D eigenvalue weighted by molar-refractivity contribution is 0.601. The first kappa shape index (κ1) is 18.9. The number of benzene rings is 2. The van der Waals surface area contributed by atoms with E-state index in [9.17, 15) is 8.42 Å². The van der Waals surface area contributed by atoms with Gasteiger partial charge in [-0.3, -0.25) is 4.72 Å². The fourth-order valence-electron chi connectivity index (χ4n) is 2.82. The van der Waals surface area contributed by atoms with Crippen molar-refractivity contribution in [2.24, 2.45) is 0 Å². The fraction of sp³-hybridized carbons (Fsp3) is 0.190. The van der Waals surface area contributed by atoms with Gasteiger partial charge >= 0.3 is 0 Å². The molecule has 0 fully saturated rings. The quantitative estimate of drug-likeness (QED) is 0.662. The molecule has 0 unspecified atom stereocenters. The molecule has 0 atom stereocenters. The van der Waals surface area contributed by atoms with Gasteiger partial charge in [0.1, 0.15) is 5.82 Å². The molecule has 27 heavy (non-hydrogen) atoms. The summed E-state index contributed by atoms with van der Waals surface area (Å²) in [7, 11) is -3.65. The predicted molar refractivity (Wildman–Crippen MR) is 110 cm³/mol. The summed E-state index contributed by atoms with van der Waals surface area (Å²) in [5.74, 6) is 0.647. The van der Waals surface area contributed by atoms with Gasteiger partial charge in [0.2, 0.25) is 0 Å². The minimum Gasteiger partial charge on any atom is -0.340 e. The molecule has 3 aromatic rings. The van der Waals surface area contributed by atoms with Gasteiger partial charge in [-0.05, 0) is 86.3 Å². The zero-order valence-electron chi connectivity index (χ0n) is 15.9. The maximum Gasteiger partial charge on any atom is 0.261 e. The van der Waals surface area contributed by atoms with Gasteiger partial charge in [0.15, 0.2) is 0 Å². The number of anilines is 3. The Kier molecular flexibility index (Phi) is 5.19. The summed E-state index contributed by atoms with van der Waals surface area (Å²) in [6, 6.07) is 14.7. The first-order chi connectivity index (χ1) is 12.7. The second-order valence-electron chi connectivity index (χ2n) is 6.79. The monoisotopic (exact) mass is 381 g/mol. The number of hydrogen-bond acceptors (Lipinski definition) is 4. The Bertz CT molecular complexity index is 1050. The molecule has 0 spiro atoms. The maximum absolute atomic E-state index is 12.6. The van der Waals surface area contributed by atoms with Crippen molar-refractivity contribution in [3.8, 4) is 0 Å². The summed E-state index contributed by atoms with van der Waals surface area (Å²) in [4.78, 5) is 4.54. The average Bonchev–Trinajstić information content (AvgIpc) is 2.58. The van der Waals surface area contributed by atoms with Gasteiger partial charge in [0.05, 0.1) is 16.8 Å². The van der Waals surface area contributed by atoms with Crippen LogP contribution >= 0.6 is 0 Å². The van der Waals surface area contributed by atoms with E-state index in [0.29, 0.717) is 11.5 Å². The standard InChI is InChI=1S/C21H23N3O2S/c1-14-9-15(2)11-19(10-14)23-21-8-6-18(13-22-21)24-27(25,26)20-7-5-16(3)17(4)12-20/h5-13,24H,1-4H3,(H,22,23). The average molecular weight is 382 g/mol. The van der Waals surface area contributed by atoms with Gasteiger partial charge in [0.25, 0.3) is 10.0 Å². The number of pyridine rings is 1. The molecule has 5 nitrogen and oxygen atoms in total. The highest BCUT2D eigenvalue weighted by molar-refractivity contribution is 7.92. The molecule has 2 N–H and O–H groups in total. The highest BCUT2D eigenvalue weighted by atomic mass is 32.2. The van der Waals surface area contributed by atoms with Crippen molar-refractivity contribution in [1.82, 2.24) is 4.98 Å². The molecule has 1 heterocycles. The topological polar surface area (TPSA) is 71.1 Å². The van der Waals surface area contributed by atoms with E-state index in [-0.39, 0.29) is 4.90 Å². The lowest BCUT2D eigenvalue weighted by atomic mass is 10.1. The molecule has 1 aromatic heterocycles. The van der Waals surface area contributed by atoms with E-state index in [4.69, 9.17) is 0 Å². The Balaban J connectivity index is 1.76. The van der Waals surface area contributed by atoms with Crippen LogP contribution in [0.1, 0.15) is 22.3 Å². The number of hydrogen-bond donors (Lipinski definition) is 2. The third-order valence-corrected chi connectivity index (χ3v) is 5.68. The molecule has 2 aromatic carbocycles. The summed E-state index contributed by atoms with van der Waals surface area (Å²) in [6.07, 6.45) is 1.50. The van der Waals surface area contributed by atoms with Crippen molar-refractivity contribution in [3.05, 3.63) is 77.0 Å². The van der Waals surface area contributed by atoms with Gasteiger partial charge in [-0.2, -0.15) is 0 Å². The Labute approximate surface area is 160 Å². The van der Waals surface area contributed by atoms with Gasteiger partial charge in [0, 0.05) is 5.69 Å². The second kappa shape index (κ2) is 7.40. The van der Waals surface area contributed by atoms with Crippen molar-refractivity contribution in [1.29, 1.82) is 0 Å². The molecule has 0 aliphatic carbocycles. The first-order valence-electron chi connectivity index (χ1n) is 8.64. The van der Waals surface area contributed by atoms with Crippen LogP contribution in [0.15, 0.2) is 59.6 Å². The van der Waals surface area contributed by atoms with Crippen LogP contribution in [0.2, 0.25) is 0 Å². The van der Waals surface area contributed by atoms with Crippen molar-refractivity contribution in [3.63, 3.8) is 0 Å². The smallest absolute Gasteiger partial charge is 0.261 e. The third kappa shape index (κ3) is 4.65. The first-order valence-corrected chi connectivity index (χ1v) is 10.1. The molecule has 0 saturated heterocycles. The lowest BCUT2D eigenvalue weighted by Crippen LogP contribution is -2.13. The van der Waals surface area contributed by atoms with E-state index in [1.807, 2.05) is 39.8 Å². The number of aromatic nitrogens is 1. The largest absolute Gasteiger partial charge is 0.340 e. The summed E-state index contributed by atoms with van der Waals surface area (Å²) >= 11 is 0. The van der Waals surface area contributed by atoms with E-state index in [1.165, 1.54) is 6.20 Å². The van der Waals surface area contributed by atoms with Crippen molar-refractivity contribution in [2.45, 2.75) is 32.6 Å². The Morgan fingerprint density at radius 3 is 2.07 bits per heavy atom. The molecule has 0 radical (unpaired) electrons. The zero-order chi connectivity index (χ0) is 19.6. The van der Waals surface area contributed by atoms with Crippen LogP contribution in [0.4, 0.5) is 17.2 Å². The Hall–Kier alpha value is -2.86. The van der Waals surface area contributed by atoms with Crippen LogP contribution < -0.4 is 10.0 Å². The number of rotatable bonds is 5. The molecule has 0 saturated carbocycles. The second-order valence-corrected chi connectivity index (χ2v) is 8.47. The summed E-state index contributed by atoms with van der Waals surface area (Å²) < 4.78 is 27.7. The van der Waals surface area contributed by atoms with Crippen molar-refractivity contribution < 1.29 is 8.42 Å². The molecule has 0 aliphatic rings. The van der Waals surface area contributed by atoms with Gasteiger partial charge in [-0.25, -0.2) is 13.4 Å². The zero-order valence-corrected chi connectivity index (χ0v) is 16.7. The number of nitrogens with one attached hydrogen (secondary N) is 2. The maximum atomic E-state index is 12.6. The minimum atomic E-state index is -3.65. The minimum absolute atomic E-state index is 0.239. The van der Waals surface area contributed by atoms with Gasteiger partial charge in [-0.1, -0.05) is 12.1 Å². The molecule has 0 amide bonds. The molecule has 6 heteroatoms. The van der Waals surface area contributed by atoms with Crippen LogP contribution in [0.5, 0.6) is 0 Å². The van der Waals surface area contributed by atoms with Crippen LogP contribution in [0.25, 0.3) is 0 Å². The van der Waals surface area contributed by atoms with Crippen LogP contribution in [0, 0.1) is 27.7 Å². The summed E-state index contributed by atoms with van der Waals surface area (Å²) in [5, 5.41) is 3.23. The number of aryl methyl sites for hydroxylation is 4. The van der Waals surface area contributed by atoms with Gasteiger partial charge in [-0.15, -0.1) is 0 Å². The Morgan fingerprint density at radius 1 is 0.778 bits per heavy atom. The fourth-order valence-corrected chi connectivity index (χ4v) is 3.95. The van der Waals surface area contributed by atoms with E-state index in [1.54, 1.807) is 30.3 Å². The van der Waals surface area contributed by atoms with E-state index in [0.717, 1.165) is 27.9 Å². The van der Waals surface area contributed by atoms with Crippen LogP contribution in [-0.2, 0) is 10.0 Å². The Morgan fingerprint density at radius 2 is 1.48 bits per heavy atom. The van der Waals surface area contributed by atoms with Crippen molar-refractivity contribution in [2.75, 3.05) is 10.0 Å².